The largest absolute Gasteiger partial charge is 0.392 e. The number of carbonyl (C=O) groups is 1. The Morgan fingerprint density at radius 3 is 2.87 bits per heavy atom. The third-order valence-corrected chi connectivity index (χ3v) is 5.44. The van der Waals surface area contributed by atoms with Crippen LogP contribution in [0.25, 0.3) is 11.0 Å². The molecule has 3 heterocycles. The number of aliphatic hydroxyl groups excluding tert-OH is 1. The van der Waals surface area contributed by atoms with Gasteiger partial charge in [0.1, 0.15) is 17.7 Å². The third-order valence-electron chi connectivity index (χ3n) is 5.27. The number of halogens is 1. The number of fused-ring (bicyclic) bond motifs is 1. The minimum absolute atomic E-state index is 0.0178. The van der Waals surface area contributed by atoms with Gasteiger partial charge in [0.2, 0.25) is 11.2 Å². The number of aryl methyl sites for hydroxylation is 1. The number of nitrogens with zero attached hydrogens (tertiary/aromatic N) is 3. The highest BCUT2D eigenvalue weighted by Gasteiger charge is 2.39. The maximum Gasteiger partial charge on any atom is 0.226 e. The molecule has 1 aromatic carbocycles. The van der Waals surface area contributed by atoms with E-state index in [-0.39, 0.29) is 17.8 Å². The van der Waals surface area contributed by atoms with E-state index in [1.807, 2.05) is 30.3 Å². The second-order valence-corrected chi connectivity index (χ2v) is 7.58. The Morgan fingerprint density at radius 2 is 2.17 bits per heavy atom. The molecule has 0 spiro atoms. The number of anilines is 1. The lowest BCUT2D eigenvalue weighted by Gasteiger charge is -2.21. The summed E-state index contributed by atoms with van der Waals surface area (Å²) >= 11 is 6.13. The Bertz CT molecular complexity index is 1110. The number of rotatable bonds is 6. The number of aromatic nitrogens is 3. The van der Waals surface area contributed by atoms with Gasteiger partial charge in [-0.3, -0.25) is 4.79 Å². The third kappa shape index (κ3) is 4.03. The number of ether oxygens (including phenoxy) is 1. The Labute approximate surface area is 179 Å². The van der Waals surface area contributed by atoms with Gasteiger partial charge in [-0.15, -0.1) is 6.42 Å². The summed E-state index contributed by atoms with van der Waals surface area (Å²) in [6.45, 7) is -0.252. The van der Waals surface area contributed by atoms with Crippen LogP contribution in [0.2, 0.25) is 5.28 Å². The van der Waals surface area contributed by atoms with Gasteiger partial charge in [0, 0.05) is 12.6 Å². The molecule has 0 saturated carbocycles. The Hall–Kier alpha value is -2.92. The van der Waals surface area contributed by atoms with Crippen LogP contribution in [0.3, 0.4) is 0 Å². The average molecular weight is 425 g/mol. The number of aliphatic hydroxyl groups is 1. The average Bonchev–Trinajstić information content (AvgIpc) is 3.37. The van der Waals surface area contributed by atoms with E-state index >= 15 is 0 Å². The van der Waals surface area contributed by atoms with E-state index in [4.69, 9.17) is 22.8 Å². The molecule has 2 aromatic heterocycles. The summed E-state index contributed by atoms with van der Waals surface area (Å²) in [6, 6.07) is 11.6. The summed E-state index contributed by atoms with van der Waals surface area (Å²) < 4.78 is 7.74. The first kappa shape index (κ1) is 20.4. The molecule has 4 rings (SSSR count). The molecule has 0 radical (unpaired) electrons. The van der Waals surface area contributed by atoms with Crippen molar-refractivity contribution in [3.8, 4) is 12.3 Å². The normalized spacial score (nSPS) is 20.9. The van der Waals surface area contributed by atoms with Gasteiger partial charge in [-0.1, -0.05) is 36.3 Å². The van der Waals surface area contributed by atoms with E-state index in [1.165, 1.54) is 0 Å². The minimum Gasteiger partial charge on any atom is -0.392 e. The van der Waals surface area contributed by atoms with Gasteiger partial charge < -0.3 is 19.7 Å². The molecule has 1 amide bonds. The van der Waals surface area contributed by atoms with Crippen LogP contribution in [0, 0.1) is 12.3 Å². The van der Waals surface area contributed by atoms with Crippen molar-refractivity contribution < 1.29 is 14.6 Å². The van der Waals surface area contributed by atoms with Crippen LogP contribution < -0.4 is 5.32 Å². The van der Waals surface area contributed by atoms with Gasteiger partial charge in [-0.2, -0.15) is 9.97 Å². The maximum absolute atomic E-state index is 12.5. The number of carbonyl (C=O) groups excluding carboxylic acids is 1. The molecule has 1 saturated heterocycles. The molecule has 154 valence electrons. The monoisotopic (exact) mass is 424 g/mol. The fraction of sp³-hybridized carbons (Fsp3) is 0.318. The predicted molar refractivity (Wildman–Crippen MR) is 114 cm³/mol. The molecule has 1 fully saturated rings. The molecule has 8 heteroatoms. The van der Waals surface area contributed by atoms with Crippen LogP contribution in [0.15, 0.2) is 42.6 Å². The first-order valence-electron chi connectivity index (χ1n) is 9.68. The molecule has 2 atom stereocenters. The molecular weight excluding hydrogens is 404 g/mol. The Morgan fingerprint density at radius 1 is 1.37 bits per heavy atom. The second kappa shape index (κ2) is 8.44. The van der Waals surface area contributed by atoms with Crippen molar-refractivity contribution in [3.05, 3.63) is 53.4 Å². The van der Waals surface area contributed by atoms with E-state index in [1.54, 1.807) is 16.8 Å². The number of amides is 1. The highest BCUT2D eigenvalue weighted by Crippen LogP contribution is 2.38. The molecular formula is C22H21ClN4O3. The van der Waals surface area contributed by atoms with E-state index in [9.17, 15) is 9.90 Å². The second-order valence-electron chi connectivity index (χ2n) is 7.24. The van der Waals surface area contributed by atoms with E-state index in [2.05, 4.69) is 21.2 Å². The van der Waals surface area contributed by atoms with Crippen molar-refractivity contribution in [2.45, 2.75) is 37.5 Å². The van der Waals surface area contributed by atoms with Crippen molar-refractivity contribution in [3.63, 3.8) is 0 Å². The zero-order valence-electron chi connectivity index (χ0n) is 16.2. The van der Waals surface area contributed by atoms with Crippen molar-refractivity contribution in [1.82, 2.24) is 14.5 Å². The zero-order valence-corrected chi connectivity index (χ0v) is 17.0. The Balaban J connectivity index is 1.54. The number of hydrogen-bond acceptors (Lipinski definition) is 5. The van der Waals surface area contributed by atoms with Gasteiger partial charge in [-0.05, 0) is 42.5 Å². The van der Waals surface area contributed by atoms with Crippen LogP contribution in [0.1, 0.15) is 31.1 Å². The molecule has 30 heavy (non-hydrogen) atoms. The standard InChI is InChI=1S/C22H21ClN4O3/c1-2-22(14-28)12-10-18(30-22)27-13-11-16-19(25-21(23)26-20(16)27)24-17(29)9-8-15-6-4-3-5-7-15/h1,3-7,11,13,18,28H,8-10,12,14H2,(H,24,25,26,29)/t18-,22+/m1/s1. The highest BCUT2D eigenvalue weighted by molar-refractivity contribution is 6.28. The van der Waals surface area contributed by atoms with Crippen LogP contribution in [-0.2, 0) is 16.0 Å². The van der Waals surface area contributed by atoms with Crippen LogP contribution in [0.4, 0.5) is 5.82 Å². The highest BCUT2D eigenvalue weighted by atomic mass is 35.5. The van der Waals surface area contributed by atoms with Gasteiger partial charge in [0.05, 0.1) is 12.0 Å². The van der Waals surface area contributed by atoms with Crippen molar-refractivity contribution in [2.24, 2.45) is 0 Å². The first-order chi connectivity index (χ1) is 14.5. The summed E-state index contributed by atoms with van der Waals surface area (Å²) in [7, 11) is 0. The fourth-order valence-corrected chi connectivity index (χ4v) is 3.79. The van der Waals surface area contributed by atoms with Crippen molar-refractivity contribution >= 4 is 34.4 Å². The predicted octanol–water partition coefficient (Wildman–Crippen LogP) is 3.33. The summed E-state index contributed by atoms with van der Waals surface area (Å²) in [4.78, 5) is 21.0. The number of benzene rings is 1. The molecule has 0 bridgehead atoms. The molecule has 1 aliphatic rings. The summed E-state index contributed by atoms with van der Waals surface area (Å²) in [5, 5.41) is 13.1. The summed E-state index contributed by atoms with van der Waals surface area (Å²) in [6.07, 6.45) is 9.05. The first-order valence-corrected chi connectivity index (χ1v) is 10.1. The molecule has 3 aromatic rings. The lowest BCUT2D eigenvalue weighted by Crippen LogP contribution is -2.31. The van der Waals surface area contributed by atoms with Crippen LogP contribution in [0.5, 0.6) is 0 Å². The lowest BCUT2D eigenvalue weighted by molar-refractivity contribution is -0.116. The Kier molecular flexibility index (Phi) is 5.73. The van der Waals surface area contributed by atoms with Gasteiger partial charge >= 0.3 is 0 Å². The lowest BCUT2D eigenvalue weighted by atomic mass is 10.0. The number of terminal acetylenes is 1. The molecule has 0 unspecified atom stereocenters. The van der Waals surface area contributed by atoms with Crippen molar-refractivity contribution in [1.29, 1.82) is 0 Å². The minimum atomic E-state index is -0.993. The molecule has 2 N–H and O–H groups in total. The molecule has 0 aliphatic carbocycles. The zero-order chi connectivity index (χ0) is 21.1. The van der Waals surface area contributed by atoms with Crippen LogP contribution >= 0.6 is 11.6 Å². The SMILES string of the molecule is C#C[C@@]1(CO)CC[C@H](n2ccc3c(NC(=O)CCc4ccccc4)nc(Cl)nc32)O1. The van der Waals surface area contributed by atoms with Gasteiger partial charge in [0.15, 0.2) is 5.60 Å². The van der Waals surface area contributed by atoms with Gasteiger partial charge in [-0.25, -0.2) is 0 Å². The summed E-state index contributed by atoms with van der Waals surface area (Å²) in [5.41, 5.74) is 0.625. The van der Waals surface area contributed by atoms with E-state index in [0.29, 0.717) is 42.5 Å². The number of nitrogens with one attached hydrogen (secondary N) is 1. The van der Waals surface area contributed by atoms with Crippen LogP contribution in [-0.4, -0.2) is 37.8 Å². The van der Waals surface area contributed by atoms with E-state index < -0.39 is 11.8 Å². The van der Waals surface area contributed by atoms with Gasteiger partial charge in [0.25, 0.3) is 0 Å². The molecule has 7 nitrogen and oxygen atoms in total. The maximum atomic E-state index is 12.5. The number of hydrogen-bond donors (Lipinski definition) is 2. The topological polar surface area (TPSA) is 89.3 Å². The van der Waals surface area contributed by atoms with Crippen molar-refractivity contribution in [2.75, 3.05) is 11.9 Å². The smallest absolute Gasteiger partial charge is 0.226 e. The quantitative estimate of drug-likeness (QED) is 0.468. The summed E-state index contributed by atoms with van der Waals surface area (Å²) in [5.74, 6) is 2.73. The molecule has 1 aliphatic heterocycles. The van der Waals surface area contributed by atoms with E-state index in [0.717, 1.165) is 5.56 Å². The fourth-order valence-electron chi connectivity index (χ4n) is 3.63.